The lowest BCUT2D eigenvalue weighted by Crippen LogP contribution is -2.24. The second kappa shape index (κ2) is 8.70. The predicted molar refractivity (Wildman–Crippen MR) is 124 cm³/mol. The minimum Gasteiger partial charge on any atom is -0.460 e. The molecule has 1 heterocycles. The molecule has 3 aromatic rings. The second-order valence-corrected chi connectivity index (χ2v) is 9.60. The first-order valence-corrected chi connectivity index (χ1v) is 11.2. The van der Waals surface area contributed by atoms with Crippen molar-refractivity contribution in [1.82, 2.24) is 9.78 Å². The fraction of sp³-hybridized carbons (Fsp3) is 0.407. The number of esters is 1. The largest absolute Gasteiger partial charge is 0.460 e. The van der Waals surface area contributed by atoms with E-state index in [-0.39, 0.29) is 5.97 Å². The molecule has 2 aromatic carbocycles. The molecule has 1 aliphatic rings. The van der Waals surface area contributed by atoms with Gasteiger partial charge in [-0.2, -0.15) is 5.10 Å². The molecule has 1 aliphatic carbocycles. The minimum absolute atomic E-state index is 0.0951. The van der Waals surface area contributed by atoms with Gasteiger partial charge in [-0.25, -0.2) is 4.68 Å². The number of hydrogen-bond donors (Lipinski definition) is 0. The lowest BCUT2D eigenvalue weighted by Gasteiger charge is -2.23. The molecule has 31 heavy (non-hydrogen) atoms. The van der Waals surface area contributed by atoms with E-state index in [1.165, 1.54) is 27.9 Å². The number of rotatable bonds is 5. The quantitative estimate of drug-likeness (QED) is 0.474. The van der Waals surface area contributed by atoms with Gasteiger partial charge in [0.15, 0.2) is 0 Å². The molecule has 1 unspecified atom stereocenters. The molecule has 0 N–H and O–H groups in total. The van der Waals surface area contributed by atoms with Crippen LogP contribution in [-0.4, -0.2) is 21.4 Å². The van der Waals surface area contributed by atoms with Crippen molar-refractivity contribution >= 4 is 5.97 Å². The van der Waals surface area contributed by atoms with Crippen LogP contribution in [0, 0.1) is 12.8 Å². The first-order valence-electron chi connectivity index (χ1n) is 11.2. The van der Waals surface area contributed by atoms with E-state index in [9.17, 15) is 4.79 Å². The number of aromatic nitrogens is 2. The van der Waals surface area contributed by atoms with Gasteiger partial charge < -0.3 is 4.74 Å². The molecule has 4 nitrogen and oxygen atoms in total. The molecule has 4 heteroatoms. The smallest absolute Gasteiger partial charge is 0.306 e. The number of benzene rings is 2. The van der Waals surface area contributed by atoms with Crippen LogP contribution in [0.25, 0.3) is 16.8 Å². The summed E-state index contributed by atoms with van der Waals surface area (Å²) in [5.74, 6) is 0.414. The minimum atomic E-state index is -0.413. The lowest BCUT2D eigenvalue weighted by atomic mass is 9.85. The Morgan fingerprint density at radius 1 is 1.13 bits per heavy atom. The third kappa shape index (κ3) is 5.07. The van der Waals surface area contributed by atoms with Crippen molar-refractivity contribution in [2.75, 3.05) is 0 Å². The third-order valence-corrected chi connectivity index (χ3v) is 5.99. The first-order chi connectivity index (χ1) is 14.8. The number of hydrogen-bond acceptors (Lipinski definition) is 3. The fourth-order valence-electron chi connectivity index (χ4n) is 4.47. The van der Waals surface area contributed by atoms with E-state index in [1.807, 2.05) is 31.5 Å². The van der Waals surface area contributed by atoms with Crippen LogP contribution in [0.2, 0.25) is 0 Å². The summed E-state index contributed by atoms with van der Waals surface area (Å²) in [6.45, 7) is 7.92. The van der Waals surface area contributed by atoms with E-state index in [1.54, 1.807) is 0 Å². The highest BCUT2D eigenvalue weighted by Crippen LogP contribution is 2.31. The molecule has 0 radical (unpaired) electrons. The van der Waals surface area contributed by atoms with E-state index < -0.39 is 5.60 Å². The van der Waals surface area contributed by atoms with Crippen LogP contribution < -0.4 is 0 Å². The normalized spacial score (nSPS) is 16.1. The van der Waals surface area contributed by atoms with Crippen LogP contribution in [0.4, 0.5) is 0 Å². The van der Waals surface area contributed by atoms with Gasteiger partial charge in [-0.3, -0.25) is 4.79 Å². The Hall–Kier alpha value is -2.88. The second-order valence-electron chi connectivity index (χ2n) is 9.60. The third-order valence-electron chi connectivity index (χ3n) is 5.99. The fourth-order valence-corrected chi connectivity index (χ4v) is 4.47. The van der Waals surface area contributed by atoms with Crippen LogP contribution in [-0.2, 0) is 22.4 Å². The molecule has 4 rings (SSSR count). The molecule has 0 spiro atoms. The maximum absolute atomic E-state index is 12.1. The van der Waals surface area contributed by atoms with Gasteiger partial charge in [0.25, 0.3) is 0 Å². The summed E-state index contributed by atoms with van der Waals surface area (Å²) in [6.07, 6.45) is 6.59. The molecule has 0 bridgehead atoms. The molecule has 1 atom stereocenters. The molecular weight excluding hydrogens is 384 g/mol. The monoisotopic (exact) mass is 416 g/mol. The van der Waals surface area contributed by atoms with Crippen molar-refractivity contribution in [3.8, 4) is 16.8 Å². The van der Waals surface area contributed by atoms with Crippen LogP contribution in [0.1, 0.15) is 56.9 Å². The molecule has 162 valence electrons. The average molecular weight is 417 g/mol. The van der Waals surface area contributed by atoms with Gasteiger partial charge in [-0.05, 0) is 87.6 Å². The molecule has 1 aromatic heterocycles. The Morgan fingerprint density at radius 3 is 2.65 bits per heavy atom. The average Bonchev–Trinajstić information content (AvgIpc) is 3.15. The summed E-state index contributed by atoms with van der Waals surface area (Å²) in [6, 6.07) is 16.9. The van der Waals surface area contributed by atoms with Gasteiger partial charge >= 0.3 is 5.97 Å². The zero-order chi connectivity index (χ0) is 22.0. The Morgan fingerprint density at radius 2 is 1.90 bits per heavy atom. The highest BCUT2D eigenvalue weighted by atomic mass is 16.6. The number of aryl methyl sites for hydroxylation is 1. The van der Waals surface area contributed by atoms with Gasteiger partial charge in [-0.1, -0.05) is 42.5 Å². The summed E-state index contributed by atoms with van der Waals surface area (Å²) in [7, 11) is 0. The zero-order valence-corrected chi connectivity index (χ0v) is 19.0. The number of nitrogens with zero attached hydrogens (tertiary/aromatic N) is 2. The molecular formula is C27H32N2O2. The van der Waals surface area contributed by atoms with Gasteiger partial charge in [0, 0.05) is 12.6 Å². The van der Waals surface area contributed by atoms with Crippen molar-refractivity contribution in [2.24, 2.45) is 5.92 Å². The van der Waals surface area contributed by atoms with Crippen LogP contribution >= 0.6 is 0 Å². The first kappa shape index (κ1) is 21.4. The van der Waals surface area contributed by atoms with E-state index in [4.69, 9.17) is 9.84 Å². The summed E-state index contributed by atoms with van der Waals surface area (Å²) in [4.78, 5) is 12.1. The van der Waals surface area contributed by atoms with E-state index >= 15 is 0 Å². The standard InChI is InChI=1S/C27H32N2O2/c1-19-23(21-9-6-5-7-10-21)11-8-12-25(19)29-18-22-17-20(13-15-24(22)28-29)14-16-26(30)31-27(2,3)4/h5-12,18,20H,13-17H2,1-4H3. The Labute approximate surface area is 185 Å². The van der Waals surface area contributed by atoms with E-state index in [0.717, 1.165) is 31.4 Å². The number of carbonyl (C=O) groups is 1. The maximum Gasteiger partial charge on any atom is 0.306 e. The topological polar surface area (TPSA) is 44.1 Å². The molecule has 0 fully saturated rings. The molecule has 0 amide bonds. The summed E-state index contributed by atoms with van der Waals surface area (Å²) < 4.78 is 7.51. The van der Waals surface area contributed by atoms with Gasteiger partial charge in [0.1, 0.15) is 5.60 Å². The van der Waals surface area contributed by atoms with Crippen LogP contribution in [0.5, 0.6) is 0 Å². The Kier molecular flexibility index (Phi) is 5.99. The SMILES string of the molecule is Cc1c(-c2ccccc2)cccc1-n1cc2c(n1)CCC(CCC(=O)OC(C)(C)C)C2. The number of carbonyl (C=O) groups excluding carboxylic acids is 1. The zero-order valence-electron chi connectivity index (χ0n) is 19.0. The summed E-state index contributed by atoms with van der Waals surface area (Å²) >= 11 is 0. The van der Waals surface area contributed by atoms with E-state index in [0.29, 0.717) is 12.3 Å². The molecule has 0 saturated carbocycles. The van der Waals surface area contributed by atoms with Gasteiger partial charge in [-0.15, -0.1) is 0 Å². The highest BCUT2D eigenvalue weighted by Gasteiger charge is 2.24. The number of ether oxygens (including phenoxy) is 1. The number of fused-ring (bicyclic) bond motifs is 1. The van der Waals surface area contributed by atoms with Crippen molar-refractivity contribution in [3.63, 3.8) is 0 Å². The Balaban J connectivity index is 1.48. The van der Waals surface area contributed by atoms with Crippen molar-refractivity contribution in [2.45, 2.75) is 65.4 Å². The van der Waals surface area contributed by atoms with Crippen molar-refractivity contribution in [1.29, 1.82) is 0 Å². The van der Waals surface area contributed by atoms with E-state index in [2.05, 4.69) is 55.6 Å². The lowest BCUT2D eigenvalue weighted by molar-refractivity contribution is -0.155. The summed E-state index contributed by atoms with van der Waals surface area (Å²) in [5.41, 5.74) is 6.91. The Bertz CT molecular complexity index is 1060. The van der Waals surface area contributed by atoms with Crippen molar-refractivity contribution in [3.05, 3.63) is 71.5 Å². The van der Waals surface area contributed by atoms with Crippen molar-refractivity contribution < 1.29 is 9.53 Å². The van der Waals surface area contributed by atoms with Gasteiger partial charge in [0.05, 0.1) is 11.4 Å². The molecule has 0 aliphatic heterocycles. The van der Waals surface area contributed by atoms with Crippen LogP contribution in [0.15, 0.2) is 54.7 Å². The highest BCUT2D eigenvalue weighted by molar-refractivity contribution is 5.71. The predicted octanol–water partition coefficient (Wildman–Crippen LogP) is 6.07. The molecule has 0 saturated heterocycles. The summed E-state index contributed by atoms with van der Waals surface area (Å²) in [5, 5.41) is 4.92. The maximum atomic E-state index is 12.1. The van der Waals surface area contributed by atoms with Gasteiger partial charge in [0.2, 0.25) is 0 Å². The van der Waals surface area contributed by atoms with Crippen LogP contribution in [0.3, 0.4) is 0 Å².